The molecule has 0 aromatic carbocycles. The molecule has 2 fully saturated rings. The van der Waals surface area contributed by atoms with Gasteiger partial charge in [0.25, 0.3) is 0 Å². The van der Waals surface area contributed by atoms with Crippen LogP contribution >= 0.6 is 0 Å². The summed E-state index contributed by atoms with van der Waals surface area (Å²) in [5, 5.41) is 6.36. The fourth-order valence-electron chi connectivity index (χ4n) is 3.29. The van der Waals surface area contributed by atoms with Crippen molar-refractivity contribution in [2.24, 2.45) is 11.3 Å². The molecule has 1 atom stereocenters. The van der Waals surface area contributed by atoms with Crippen LogP contribution in [0.25, 0.3) is 0 Å². The Morgan fingerprint density at radius 2 is 2.17 bits per heavy atom. The molecular weight excluding hydrogens is 226 g/mol. The van der Waals surface area contributed by atoms with Crippen LogP contribution in [0.1, 0.15) is 32.1 Å². The van der Waals surface area contributed by atoms with Gasteiger partial charge in [0.2, 0.25) is 5.91 Å². The van der Waals surface area contributed by atoms with Crippen LogP contribution in [0.5, 0.6) is 0 Å². The van der Waals surface area contributed by atoms with E-state index in [2.05, 4.69) is 22.6 Å². The van der Waals surface area contributed by atoms with Crippen LogP contribution in [0.2, 0.25) is 0 Å². The van der Waals surface area contributed by atoms with Gasteiger partial charge in [-0.25, -0.2) is 0 Å². The molecule has 1 saturated carbocycles. The minimum absolute atomic E-state index is 0.102. The Kier molecular flexibility index (Phi) is 4.62. The third kappa shape index (κ3) is 3.04. The summed E-state index contributed by atoms with van der Waals surface area (Å²) in [6.07, 6.45) is 5.80. The Morgan fingerprint density at radius 3 is 2.72 bits per heavy atom. The van der Waals surface area contributed by atoms with E-state index in [4.69, 9.17) is 0 Å². The molecule has 2 rings (SSSR count). The zero-order chi connectivity index (χ0) is 13.0. The zero-order valence-electron chi connectivity index (χ0n) is 11.8. The molecule has 1 heterocycles. The largest absolute Gasteiger partial charge is 0.355 e. The van der Waals surface area contributed by atoms with Crippen molar-refractivity contribution in [2.75, 3.05) is 40.3 Å². The average Bonchev–Trinajstić information content (AvgIpc) is 2.31. The first-order valence-electron chi connectivity index (χ1n) is 7.28. The molecule has 0 radical (unpaired) electrons. The molecule has 104 valence electrons. The van der Waals surface area contributed by atoms with E-state index in [0.717, 1.165) is 32.5 Å². The lowest BCUT2D eigenvalue weighted by molar-refractivity contribution is -0.135. The van der Waals surface area contributed by atoms with Gasteiger partial charge in [0, 0.05) is 19.6 Å². The molecule has 18 heavy (non-hydrogen) atoms. The van der Waals surface area contributed by atoms with E-state index in [1.54, 1.807) is 0 Å². The van der Waals surface area contributed by atoms with E-state index in [1.165, 1.54) is 25.8 Å². The second kappa shape index (κ2) is 6.02. The van der Waals surface area contributed by atoms with Crippen LogP contribution in [0.4, 0.5) is 0 Å². The second-order valence-electron chi connectivity index (χ2n) is 6.14. The smallest absolute Gasteiger partial charge is 0.227 e. The number of carbonyl (C=O) groups excluding carboxylic acids is 1. The fourth-order valence-corrected chi connectivity index (χ4v) is 3.29. The predicted molar refractivity (Wildman–Crippen MR) is 73.4 cm³/mol. The van der Waals surface area contributed by atoms with Crippen LogP contribution in [-0.2, 0) is 4.79 Å². The number of hydrogen-bond acceptors (Lipinski definition) is 3. The highest BCUT2D eigenvalue weighted by molar-refractivity contribution is 5.83. The molecular formula is C14H27N3O. The van der Waals surface area contributed by atoms with Gasteiger partial charge in [0.15, 0.2) is 0 Å². The van der Waals surface area contributed by atoms with Crippen LogP contribution in [-0.4, -0.2) is 51.1 Å². The number of likely N-dealkylation sites (tertiary alicyclic amines) is 1. The van der Waals surface area contributed by atoms with Crippen molar-refractivity contribution >= 4 is 5.91 Å². The summed E-state index contributed by atoms with van der Waals surface area (Å²) < 4.78 is 0. The van der Waals surface area contributed by atoms with E-state index >= 15 is 0 Å². The maximum Gasteiger partial charge on any atom is 0.227 e. The lowest BCUT2D eigenvalue weighted by Gasteiger charge is -2.40. The first-order chi connectivity index (χ1) is 8.66. The Morgan fingerprint density at radius 1 is 1.39 bits per heavy atom. The molecule has 2 aliphatic rings. The van der Waals surface area contributed by atoms with Crippen LogP contribution in [0, 0.1) is 11.3 Å². The molecule has 0 aromatic rings. The quantitative estimate of drug-likeness (QED) is 0.763. The van der Waals surface area contributed by atoms with Gasteiger partial charge in [0.1, 0.15) is 0 Å². The van der Waals surface area contributed by atoms with Gasteiger partial charge in [-0.2, -0.15) is 0 Å². The molecule has 1 unspecified atom stereocenters. The highest BCUT2D eigenvalue weighted by Crippen LogP contribution is 2.40. The predicted octanol–water partition coefficient (Wildman–Crippen LogP) is 0.834. The normalized spacial score (nSPS) is 27.6. The summed E-state index contributed by atoms with van der Waals surface area (Å²) in [6.45, 7) is 4.01. The summed E-state index contributed by atoms with van der Waals surface area (Å²) in [4.78, 5) is 14.7. The number of amides is 1. The van der Waals surface area contributed by atoms with E-state index in [1.807, 2.05) is 7.05 Å². The SMILES string of the molecule is CNCC1(C(=O)NCC2CCCN(C)C2)CCC1. The minimum atomic E-state index is -0.102. The van der Waals surface area contributed by atoms with Crippen molar-refractivity contribution in [3.05, 3.63) is 0 Å². The molecule has 0 spiro atoms. The summed E-state index contributed by atoms with van der Waals surface area (Å²) in [5.41, 5.74) is -0.102. The van der Waals surface area contributed by atoms with Crippen molar-refractivity contribution in [3.63, 3.8) is 0 Å². The van der Waals surface area contributed by atoms with Gasteiger partial charge < -0.3 is 15.5 Å². The van der Waals surface area contributed by atoms with Gasteiger partial charge in [-0.1, -0.05) is 6.42 Å². The third-order valence-electron chi connectivity index (χ3n) is 4.58. The molecule has 0 bridgehead atoms. The first-order valence-corrected chi connectivity index (χ1v) is 7.28. The summed E-state index contributed by atoms with van der Waals surface area (Å²) in [5.74, 6) is 0.913. The Bertz CT molecular complexity index is 289. The lowest BCUT2D eigenvalue weighted by Crippen LogP contribution is -2.52. The Hall–Kier alpha value is -0.610. The maximum atomic E-state index is 12.3. The third-order valence-corrected chi connectivity index (χ3v) is 4.58. The molecule has 1 aliphatic carbocycles. The van der Waals surface area contributed by atoms with Crippen molar-refractivity contribution in [1.82, 2.24) is 15.5 Å². The lowest BCUT2D eigenvalue weighted by atomic mass is 9.68. The summed E-state index contributed by atoms with van der Waals surface area (Å²) in [6, 6.07) is 0. The fraction of sp³-hybridized carbons (Fsp3) is 0.929. The number of piperidine rings is 1. The monoisotopic (exact) mass is 253 g/mol. The second-order valence-corrected chi connectivity index (χ2v) is 6.14. The number of hydrogen-bond donors (Lipinski definition) is 2. The minimum Gasteiger partial charge on any atom is -0.355 e. The van der Waals surface area contributed by atoms with Crippen molar-refractivity contribution in [3.8, 4) is 0 Å². The zero-order valence-corrected chi connectivity index (χ0v) is 11.8. The molecule has 0 aromatic heterocycles. The average molecular weight is 253 g/mol. The molecule has 4 nitrogen and oxygen atoms in total. The number of rotatable bonds is 5. The van der Waals surface area contributed by atoms with Crippen molar-refractivity contribution < 1.29 is 4.79 Å². The van der Waals surface area contributed by atoms with Crippen LogP contribution < -0.4 is 10.6 Å². The number of nitrogens with one attached hydrogen (secondary N) is 2. The van der Waals surface area contributed by atoms with Gasteiger partial charge in [0.05, 0.1) is 5.41 Å². The molecule has 1 aliphatic heterocycles. The highest BCUT2D eigenvalue weighted by Gasteiger charge is 2.43. The molecule has 1 amide bonds. The van der Waals surface area contributed by atoms with Crippen molar-refractivity contribution in [2.45, 2.75) is 32.1 Å². The van der Waals surface area contributed by atoms with Crippen LogP contribution in [0.3, 0.4) is 0 Å². The summed E-state index contributed by atoms with van der Waals surface area (Å²) >= 11 is 0. The Balaban J connectivity index is 1.77. The number of nitrogens with zero attached hydrogens (tertiary/aromatic N) is 1. The van der Waals surface area contributed by atoms with Gasteiger partial charge in [-0.05, 0) is 52.2 Å². The first kappa shape index (κ1) is 13.8. The molecule has 4 heteroatoms. The van der Waals surface area contributed by atoms with Crippen LogP contribution in [0.15, 0.2) is 0 Å². The van der Waals surface area contributed by atoms with Crippen molar-refractivity contribution in [1.29, 1.82) is 0 Å². The standard InChI is InChI=1S/C14H27N3O/c1-15-11-14(6-4-7-14)13(18)16-9-12-5-3-8-17(2)10-12/h12,15H,3-11H2,1-2H3,(H,16,18). The van der Waals surface area contributed by atoms with Gasteiger partial charge in [-0.3, -0.25) is 4.79 Å². The molecule has 2 N–H and O–H groups in total. The molecule has 1 saturated heterocycles. The number of carbonyl (C=O) groups is 1. The maximum absolute atomic E-state index is 12.3. The van der Waals surface area contributed by atoms with E-state index in [0.29, 0.717) is 5.92 Å². The highest BCUT2D eigenvalue weighted by atomic mass is 16.2. The van der Waals surface area contributed by atoms with E-state index in [9.17, 15) is 4.79 Å². The van der Waals surface area contributed by atoms with E-state index < -0.39 is 0 Å². The van der Waals surface area contributed by atoms with E-state index in [-0.39, 0.29) is 11.3 Å². The Labute approximate surface area is 110 Å². The summed E-state index contributed by atoms with van der Waals surface area (Å²) in [7, 11) is 4.10. The van der Waals surface area contributed by atoms with Gasteiger partial charge in [-0.15, -0.1) is 0 Å². The van der Waals surface area contributed by atoms with Gasteiger partial charge >= 0.3 is 0 Å². The topological polar surface area (TPSA) is 44.4 Å².